The minimum atomic E-state index is -0.126. The lowest BCUT2D eigenvalue weighted by atomic mass is 9.96. The van der Waals surface area contributed by atoms with Crippen LogP contribution >= 0.6 is 23.8 Å². The maximum atomic E-state index is 6.51. The van der Waals surface area contributed by atoms with Crippen molar-refractivity contribution in [1.82, 2.24) is 14.9 Å². The molecular formula is C27H25ClN4OS. The smallest absolute Gasteiger partial charge is 0.174 e. The number of ether oxygens (including phenoxy) is 1. The average Bonchev–Trinajstić information content (AvgIpc) is 3.35. The van der Waals surface area contributed by atoms with Crippen LogP contribution in [0.4, 0.5) is 5.69 Å². The van der Waals surface area contributed by atoms with Crippen LogP contribution in [0.3, 0.4) is 0 Å². The maximum absolute atomic E-state index is 6.51. The number of para-hydroxylation sites is 1. The molecule has 0 radical (unpaired) electrons. The third-order valence-electron chi connectivity index (χ3n) is 6.31. The number of hydrogen-bond donors (Lipinski definition) is 1. The lowest BCUT2D eigenvalue weighted by molar-refractivity contribution is 0.415. The number of hydrogen-bond acceptors (Lipinski definition) is 3. The van der Waals surface area contributed by atoms with Gasteiger partial charge in [0.2, 0.25) is 0 Å². The molecule has 0 aliphatic carbocycles. The SMILES string of the molecule is COc1ccc(N2C(=S)N[C@H](c3ccccn3)[C@@H]2c2cc(C)n(-c3ccccc3)c2C)cc1Cl. The normalized spacial score (nSPS) is 17.6. The molecule has 0 saturated carbocycles. The van der Waals surface area contributed by atoms with Gasteiger partial charge in [-0.15, -0.1) is 0 Å². The zero-order valence-electron chi connectivity index (χ0n) is 19.2. The summed E-state index contributed by atoms with van der Waals surface area (Å²) in [4.78, 5) is 6.80. The van der Waals surface area contributed by atoms with Crippen LogP contribution < -0.4 is 15.0 Å². The molecule has 5 rings (SSSR count). The summed E-state index contributed by atoms with van der Waals surface area (Å²) < 4.78 is 7.65. The first-order valence-corrected chi connectivity index (χ1v) is 11.9. The summed E-state index contributed by atoms with van der Waals surface area (Å²) in [6, 6.07) is 24.1. The fraction of sp³-hybridized carbons (Fsp3) is 0.185. The Morgan fingerprint density at radius 2 is 1.74 bits per heavy atom. The molecule has 172 valence electrons. The zero-order chi connectivity index (χ0) is 23.8. The van der Waals surface area contributed by atoms with Crippen molar-refractivity contribution >= 4 is 34.6 Å². The molecule has 0 unspecified atom stereocenters. The number of anilines is 1. The molecule has 1 saturated heterocycles. The molecule has 0 bridgehead atoms. The van der Waals surface area contributed by atoms with Gasteiger partial charge < -0.3 is 19.5 Å². The van der Waals surface area contributed by atoms with Crippen molar-refractivity contribution < 1.29 is 4.74 Å². The molecule has 1 fully saturated rings. The van der Waals surface area contributed by atoms with Crippen molar-refractivity contribution in [2.75, 3.05) is 12.0 Å². The first kappa shape index (κ1) is 22.4. The molecule has 2 atom stereocenters. The minimum absolute atomic E-state index is 0.115. The van der Waals surface area contributed by atoms with Crippen LogP contribution in [0, 0.1) is 13.8 Å². The molecule has 0 amide bonds. The molecule has 34 heavy (non-hydrogen) atoms. The Hall–Kier alpha value is -3.35. The molecule has 0 spiro atoms. The zero-order valence-corrected chi connectivity index (χ0v) is 20.8. The molecule has 5 nitrogen and oxygen atoms in total. The summed E-state index contributed by atoms with van der Waals surface area (Å²) in [6.07, 6.45) is 1.82. The van der Waals surface area contributed by atoms with Crippen LogP contribution in [0.5, 0.6) is 5.75 Å². The number of thiocarbonyl (C=S) groups is 1. The molecule has 1 N–H and O–H groups in total. The Bertz CT molecular complexity index is 1340. The number of rotatable bonds is 5. The van der Waals surface area contributed by atoms with Crippen molar-refractivity contribution in [1.29, 1.82) is 0 Å². The number of nitrogens with one attached hydrogen (secondary N) is 1. The van der Waals surface area contributed by atoms with Gasteiger partial charge in [-0.1, -0.05) is 35.9 Å². The number of benzene rings is 2. The third-order valence-corrected chi connectivity index (χ3v) is 6.92. The molecule has 4 aromatic rings. The van der Waals surface area contributed by atoms with E-state index in [4.69, 9.17) is 28.6 Å². The number of aryl methyl sites for hydroxylation is 1. The number of pyridine rings is 1. The van der Waals surface area contributed by atoms with Gasteiger partial charge in [0, 0.05) is 29.0 Å². The van der Waals surface area contributed by atoms with Crippen molar-refractivity contribution in [3.05, 3.63) is 107 Å². The van der Waals surface area contributed by atoms with Crippen molar-refractivity contribution in [3.8, 4) is 11.4 Å². The van der Waals surface area contributed by atoms with E-state index in [1.54, 1.807) is 7.11 Å². The molecule has 2 aromatic carbocycles. The van der Waals surface area contributed by atoms with Crippen molar-refractivity contribution in [2.24, 2.45) is 0 Å². The van der Waals surface area contributed by atoms with E-state index in [0.29, 0.717) is 15.9 Å². The molecule has 1 aliphatic heterocycles. The fourth-order valence-corrected chi connectivity index (χ4v) is 5.41. The summed E-state index contributed by atoms with van der Waals surface area (Å²) in [5, 5.41) is 4.69. The number of halogens is 1. The highest BCUT2D eigenvalue weighted by Crippen LogP contribution is 2.44. The second-order valence-electron chi connectivity index (χ2n) is 8.31. The first-order valence-electron chi connectivity index (χ1n) is 11.1. The first-order chi connectivity index (χ1) is 16.5. The maximum Gasteiger partial charge on any atom is 0.174 e. The fourth-order valence-electron chi connectivity index (χ4n) is 4.82. The van der Waals surface area contributed by atoms with Crippen LogP contribution in [0.1, 0.15) is 34.7 Å². The van der Waals surface area contributed by atoms with Gasteiger partial charge in [-0.05, 0) is 80.2 Å². The molecular weight excluding hydrogens is 464 g/mol. The van der Waals surface area contributed by atoms with Crippen molar-refractivity contribution in [3.63, 3.8) is 0 Å². The van der Waals surface area contributed by atoms with Gasteiger partial charge in [0.15, 0.2) is 5.11 Å². The van der Waals surface area contributed by atoms with Gasteiger partial charge >= 0.3 is 0 Å². The largest absolute Gasteiger partial charge is 0.495 e. The standard InChI is InChI=1S/C27H25ClN4OS/c1-17-15-21(18(2)31(17)19-9-5-4-6-10-19)26-25(23-11-7-8-14-29-23)30-27(34)32(26)20-12-13-24(33-3)22(28)16-20/h4-16,25-26H,1-3H3,(H,30,34)/t25-,26+/m1/s1. The minimum Gasteiger partial charge on any atom is -0.495 e. The van der Waals surface area contributed by atoms with E-state index in [9.17, 15) is 0 Å². The van der Waals surface area contributed by atoms with Crippen LogP contribution in [0.2, 0.25) is 5.02 Å². The summed E-state index contributed by atoms with van der Waals surface area (Å²) >= 11 is 12.4. The number of nitrogens with zero attached hydrogens (tertiary/aromatic N) is 3. The van der Waals surface area contributed by atoms with Gasteiger partial charge in [0.1, 0.15) is 5.75 Å². The van der Waals surface area contributed by atoms with Crippen LogP contribution in [0.25, 0.3) is 5.69 Å². The molecule has 3 heterocycles. The van der Waals surface area contributed by atoms with Crippen molar-refractivity contribution in [2.45, 2.75) is 25.9 Å². The van der Waals surface area contributed by atoms with E-state index < -0.39 is 0 Å². The summed E-state index contributed by atoms with van der Waals surface area (Å²) in [7, 11) is 1.61. The third kappa shape index (κ3) is 3.83. The van der Waals surface area contributed by atoms with Gasteiger partial charge in [0.05, 0.1) is 29.9 Å². The Balaban J connectivity index is 1.68. The highest BCUT2D eigenvalue weighted by Gasteiger charge is 2.42. The molecule has 2 aromatic heterocycles. The van der Waals surface area contributed by atoms with E-state index in [-0.39, 0.29) is 12.1 Å². The highest BCUT2D eigenvalue weighted by molar-refractivity contribution is 7.80. The average molecular weight is 489 g/mol. The topological polar surface area (TPSA) is 42.3 Å². The lowest BCUT2D eigenvalue weighted by Gasteiger charge is -2.28. The lowest BCUT2D eigenvalue weighted by Crippen LogP contribution is -2.29. The Labute approximate surface area is 210 Å². The predicted octanol–water partition coefficient (Wildman–Crippen LogP) is 6.33. The van der Waals surface area contributed by atoms with Crippen LogP contribution in [-0.4, -0.2) is 21.8 Å². The summed E-state index contributed by atoms with van der Waals surface area (Å²) in [5.74, 6) is 0.628. The van der Waals surface area contributed by atoms with Gasteiger partial charge in [-0.25, -0.2) is 0 Å². The second-order valence-corrected chi connectivity index (χ2v) is 9.11. The van der Waals surface area contributed by atoms with Gasteiger partial charge in [0.25, 0.3) is 0 Å². The Morgan fingerprint density at radius 3 is 2.41 bits per heavy atom. The van der Waals surface area contributed by atoms with Crippen LogP contribution in [0.15, 0.2) is 79.0 Å². The monoisotopic (exact) mass is 488 g/mol. The second kappa shape index (κ2) is 9.12. The quantitative estimate of drug-likeness (QED) is 0.332. The predicted molar refractivity (Wildman–Crippen MR) is 141 cm³/mol. The molecule has 1 aliphatic rings. The van der Waals surface area contributed by atoms with E-state index >= 15 is 0 Å². The van der Waals surface area contributed by atoms with Gasteiger partial charge in [-0.3, -0.25) is 4.98 Å². The highest BCUT2D eigenvalue weighted by atomic mass is 35.5. The van der Waals surface area contributed by atoms with E-state index in [0.717, 1.165) is 28.5 Å². The van der Waals surface area contributed by atoms with E-state index in [2.05, 4.69) is 63.9 Å². The van der Waals surface area contributed by atoms with Crippen LogP contribution in [-0.2, 0) is 0 Å². The summed E-state index contributed by atoms with van der Waals surface area (Å²) in [5.41, 5.74) is 6.45. The molecule has 7 heteroatoms. The Kier molecular flexibility index (Phi) is 6.02. The summed E-state index contributed by atoms with van der Waals surface area (Å²) in [6.45, 7) is 4.29. The number of methoxy groups -OCH3 is 1. The van der Waals surface area contributed by atoms with E-state index in [1.165, 1.54) is 5.56 Å². The van der Waals surface area contributed by atoms with Gasteiger partial charge in [-0.2, -0.15) is 0 Å². The van der Waals surface area contributed by atoms with E-state index in [1.807, 2.05) is 48.7 Å². The Morgan fingerprint density at radius 1 is 0.971 bits per heavy atom. The number of aromatic nitrogens is 2.